The maximum atomic E-state index is 12.1. The number of halogens is 1. The number of piperidine rings is 1. The maximum Gasteiger partial charge on any atom is 0.245 e. The lowest BCUT2D eigenvalue weighted by Crippen LogP contribution is -2.63. The van der Waals surface area contributed by atoms with Crippen molar-refractivity contribution in [2.24, 2.45) is 5.41 Å². The summed E-state index contributed by atoms with van der Waals surface area (Å²) in [6, 6.07) is 2.92. The highest BCUT2D eigenvalue weighted by Crippen LogP contribution is 2.56. The molecule has 10 heteroatoms. The second kappa shape index (κ2) is 9.82. The van der Waals surface area contributed by atoms with Crippen LogP contribution in [0.5, 0.6) is 0 Å². The van der Waals surface area contributed by atoms with Crippen molar-refractivity contribution in [1.29, 1.82) is 0 Å². The molecule has 1 saturated carbocycles. The van der Waals surface area contributed by atoms with Gasteiger partial charge >= 0.3 is 0 Å². The van der Waals surface area contributed by atoms with E-state index in [-0.39, 0.29) is 16.9 Å². The lowest BCUT2D eigenvalue weighted by Gasteiger charge is -2.58. The quantitative estimate of drug-likeness (QED) is 0.401. The lowest BCUT2D eigenvalue weighted by atomic mass is 9.60. The molecule has 7 rings (SSSR count). The first-order chi connectivity index (χ1) is 20.0. The number of nitrogens with one attached hydrogen (secondary N) is 1. The van der Waals surface area contributed by atoms with E-state index in [0.717, 1.165) is 103 Å². The fourth-order valence-electron chi connectivity index (χ4n) is 8.20. The predicted octanol–water partition coefficient (Wildman–Crippen LogP) is 5.12. The van der Waals surface area contributed by atoms with Gasteiger partial charge in [-0.1, -0.05) is 18.2 Å². The number of hydrogen-bond donors (Lipinski definition) is 1. The van der Waals surface area contributed by atoms with Crippen LogP contribution in [0.2, 0.25) is 5.02 Å². The fourth-order valence-corrected chi connectivity index (χ4v) is 8.45. The number of rotatable bonds is 6. The summed E-state index contributed by atoms with van der Waals surface area (Å²) in [6.07, 6.45) is 7.88. The van der Waals surface area contributed by atoms with Crippen LogP contribution in [0.25, 0.3) is 22.0 Å². The first-order valence-corrected chi connectivity index (χ1v) is 15.6. The normalized spacial score (nSPS) is 24.1. The number of hydrogen-bond acceptors (Lipinski definition) is 6. The van der Waals surface area contributed by atoms with E-state index in [1.165, 1.54) is 6.08 Å². The second-order valence-corrected chi connectivity index (χ2v) is 14.2. The Morgan fingerprint density at radius 2 is 1.90 bits per heavy atom. The van der Waals surface area contributed by atoms with Gasteiger partial charge in [0.1, 0.15) is 0 Å². The van der Waals surface area contributed by atoms with Crippen LogP contribution in [0.4, 0.5) is 5.82 Å². The SMILES string of the molecule is C=CC(=O)N1CC2(CC(n3nc(N4CCC(N5CC(OC)C5)CC4(C)C)c(-c4c(Cl)c(C)cc5[nH]ncc45)c3C)C2)C1. The van der Waals surface area contributed by atoms with Gasteiger partial charge in [0.05, 0.1) is 28.9 Å². The third-order valence-corrected chi connectivity index (χ3v) is 11.1. The molecule has 0 radical (unpaired) electrons. The highest BCUT2D eigenvalue weighted by molar-refractivity contribution is 6.36. The van der Waals surface area contributed by atoms with Crippen LogP contribution >= 0.6 is 11.6 Å². The van der Waals surface area contributed by atoms with Gasteiger partial charge < -0.3 is 14.5 Å². The molecule has 1 atom stereocenters. The molecule has 0 bridgehead atoms. The molecule has 3 aliphatic heterocycles. The van der Waals surface area contributed by atoms with Gasteiger partial charge in [-0.05, 0) is 71.1 Å². The van der Waals surface area contributed by atoms with Gasteiger partial charge in [0.2, 0.25) is 5.91 Å². The van der Waals surface area contributed by atoms with Gasteiger partial charge in [-0.2, -0.15) is 10.2 Å². The first-order valence-electron chi connectivity index (χ1n) is 15.2. The number of aryl methyl sites for hydroxylation is 1. The first kappa shape index (κ1) is 27.9. The summed E-state index contributed by atoms with van der Waals surface area (Å²) >= 11 is 7.15. The molecule has 1 aliphatic carbocycles. The van der Waals surface area contributed by atoms with Crippen molar-refractivity contribution in [1.82, 2.24) is 29.8 Å². The number of ether oxygens (including phenoxy) is 1. The molecule has 4 aliphatic rings. The number of carbonyl (C=O) groups is 1. The van der Waals surface area contributed by atoms with Crippen molar-refractivity contribution >= 4 is 34.2 Å². The fraction of sp³-hybridized carbons (Fsp3) is 0.594. The molecule has 1 N–H and O–H groups in total. The predicted molar refractivity (Wildman–Crippen MR) is 166 cm³/mol. The molecule has 1 unspecified atom stereocenters. The van der Waals surface area contributed by atoms with E-state index in [1.54, 1.807) is 0 Å². The molecular weight excluding hydrogens is 550 g/mol. The van der Waals surface area contributed by atoms with E-state index >= 15 is 0 Å². The topological polar surface area (TPSA) is 82.5 Å². The van der Waals surface area contributed by atoms with Gasteiger partial charge in [0.15, 0.2) is 5.82 Å². The Labute approximate surface area is 252 Å². The van der Waals surface area contributed by atoms with Crippen LogP contribution in [-0.2, 0) is 9.53 Å². The average Bonchev–Trinajstić information content (AvgIpc) is 3.46. The molecule has 1 spiro atoms. The van der Waals surface area contributed by atoms with Crippen LogP contribution in [-0.4, -0.2) is 93.2 Å². The number of benzene rings is 1. The van der Waals surface area contributed by atoms with Crippen molar-refractivity contribution in [3.8, 4) is 11.1 Å². The third-order valence-electron chi connectivity index (χ3n) is 10.6. The zero-order valence-electron chi connectivity index (χ0n) is 25.4. The number of H-pyrrole nitrogens is 1. The summed E-state index contributed by atoms with van der Waals surface area (Å²) in [5, 5.41) is 14.8. The number of amides is 1. The number of methoxy groups -OCH3 is 1. The zero-order chi connectivity index (χ0) is 29.6. The van der Waals surface area contributed by atoms with E-state index in [0.29, 0.717) is 18.2 Å². The standard InChI is InChI=1S/C32H42ClN7O2/c1-7-26(41)38-17-32(18-38)12-22(13-32)40-20(3)27(28-24-14-34-35-25(24)10-19(2)29(28)33)30(36-40)39-9-8-21(11-31(39,4)5)37-15-23(16-37)42-6/h7,10,14,21-23H,1,8-9,11-13,15-18H2,2-6H3,(H,34,35). The minimum Gasteiger partial charge on any atom is -0.379 e. The van der Waals surface area contributed by atoms with Gasteiger partial charge in [-0.25, -0.2) is 0 Å². The van der Waals surface area contributed by atoms with E-state index in [4.69, 9.17) is 21.4 Å². The Balaban J connectivity index is 1.25. The highest BCUT2D eigenvalue weighted by atomic mass is 35.5. The van der Waals surface area contributed by atoms with E-state index < -0.39 is 0 Å². The van der Waals surface area contributed by atoms with Crippen LogP contribution in [0.15, 0.2) is 24.9 Å². The smallest absolute Gasteiger partial charge is 0.245 e. The number of likely N-dealkylation sites (tertiary alicyclic amines) is 2. The highest BCUT2D eigenvalue weighted by Gasteiger charge is 2.55. The number of fused-ring (bicyclic) bond motifs is 1. The van der Waals surface area contributed by atoms with Crippen LogP contribution in [0, 0.1) is 19.3 Å². The summed E-state index contributed by atoms with van der Waals surface area (Å²) in [5.41, 5.74) is 5.39. The molecule has 3 saturated heterocycles. The molecule has 5 heterocycles. The monoisotopic (exact) mass is 591 g/mol. The maximum absolute atomic E-state index is 12.1. The summed E-state index contributed by atoms with van der Waals surface area (Å²) in [6.45, 7) is 17.2. The number of aromatic amines is 1. The molecular formula is C32H42ClN7O2. The average molecular weight is 592 g/mol. The Morgan fingerprint density at radius 1 is 1.17 bits per heavy atom. The molecule has 1 amide bonds. The molecule has 3 aromatic rings. The molecule has 42 heavy (non-hydrogen) atoms. The molecule has 224 valence electrons. The van der Waals surface area contributed by atoms with E-state index in [1.807, 2.05) is 18.2 Å². The summed E-state index contributed by atoms with van der Waals surface area (Å²) < 4.78 is 7.82. The minimum atomic E-state index is -0.0897. The Kier molecular flexibility index (Phi) is 6.53. The molecule has 1 aromatic carbocycles. The van der Waals surface area contributed by atoms with Crippen molar-refractivity contribution in [2.45, 2.75) is 77.1 Å². The van der Waals surface area contributed by atoms with Crippen LogP contribution in [0.1, 0.15) is 56.8 Å². The van der Waals surface area contributed by atoms with Gasteiger partial charge in [0, 0.05) is 79.0 Å². The summed E-state index contributed by atoms with van der Waals surface area (Å²) in [7, 11) is 1.81. The Bertz CT molecular complexity index is 1550. The number of nitrogens with zero attached hydrogens (tertiary/aromatic N) is 6. The minimum absolute atomic E-state index is 0.0312. The van der Waals surface area contributed by atoms with Crippen molar-refractivity contribution in [2.75, 3.05) is 44.7 Å². The zero-order valence-corrected chi connectivity index (χ0v) is 26.2. The molecule has 4 fully saturated rings. The van der Waals surface area contributed by atoms with E-state index in [2.05, 4.69) is 65.0 Å². The van der Waals surface area contributed by atoms with Crippen molar-refractivity contribution in [3.63, 3.8) is 0 Å². The van der Waals surface area contributed by atoms with Crippen LogP contribution < -0.4 is 4.90 Å². The number of carbonyl (C=O) groups excluding carboxylic acids is 1. The van der Waals surface area contributed by atoms with Crippen molar-refractivity contribution < 1.29 is 9.53 Å². The second-order valence-electron chi connectivity index (χ2n) is 13.8. The lowest BCUT2D eigenvalue weighted by molar-refractivity contribution is -0.149. The van der Waals surface area contributed by atoms with Gasteiger partial charge in [0.25, 0.3) is 0 Å². The summed E-state index contributed by atoms with van der Waals surface area (Å²) in [4.78, 5) is 19.1. The Morgan fingerprint density at radius 3 is 2.57 bits per heavy atom. The number of anilines is 1. The number of aromatic nitrogens is 4. The molecule has 9 nitrogen and oxygen atoms in total. The Hall–Kier alpha value is -2.88. The largest absolute Gasteiger partial charge is 0.379 e. The van der Waals surface area contributed by atoms with Gasteiger partial charge in [-0.3, -0.25) is 19.5 Å². The third kappa shape index (κ3) is 4.22. The van der Waals surface area contributed by atoms with E-state index in [9.17, 15) is 4.79 Å². The summed E-state index contributed by atoms with van der Waals surface area (Å²) in [5.74, 6) is 1.05. The van der Waals surface area contributed by atoms with Crippen molar-refractivity contribution in [3.05, 3.63) is 41.2 Å². The van der Waals surface area contributed by atoms with Crippen LogP contribution in [0.3, 0.4) is 0 Å². The molecule has 2 aromatic heterocycles. The van der Waals surface area contributed by atoms with Gasteiger partial charge in [-0.15, -0.1) is 0 Å².